The van der Waals surface area contributed by atoms with Crippen molar-refractivity contribution in [3.63, 3.8) is 0 Å². The SMILES string of the molecule is OCc1cnccc1N1CCc2ccccc2C1. The zero-order valence-electron chi connectivity index (χ0n) is 10.2. The summed E-state index contributed by atoms with van der Waals surface area (Å²) in [6, 6.07) is 10.6. The van der Waals surface area contributed by atoms with Crippen LogP contribution in [0.15, 0.2) is 42.7 Å². The molecular weight excluding hydrogens is 224 g/mol. The molecule has 92 valence electrons. The number of aliphatic hydroxyl groups excluding tert-OH is 1. The zero-order valence-corrected chi connectivity index (χ0v) is 10.2. The third-order valence-corrected chi connectivity index (χ3v) is 3.52. The third kappa shape index (κ3) is 1.97. The van der Waals surface area contributed by atoms with Gasteiger partial charge in [0, 0.05) is 36.7 Å². The summed E-state index contributed by atoms with van der Waals surface area (Å²) in [7, 11) is 0. The van der Waals surface area contributed by atoms with Gasteiger partial charge in [-0.05, 0) is 23.6 Å². The number of rotatable bonds is 2. The molecule has 0 spiro atoms. The monoisotopic (exact) mass is 240 g/mol. The molecule has 0 radical (unpaired) electrons. The van der Waals surface area contributed by atoms with Gasteiger partial charge in [-0.3, -0.25) is 4.98 Å². The highest BCUT2D eigenvalue weighted by atomic mass is 16.3. The van der Waals surface area contributed by atoms with E-state index >= 15 is 0 Å². The van der Waals surface area contributed by atoms with Crippen LogP contribution in [-0.4, -0.2) is 16.6 Å². The Morgan fingerprint density at radius 1 is 1.17 bits per heavy atom. The van der Waals surface area contributed by atoms with Crippen molar-refractivity contribution in [3.8, 4) is 0 Å². The van der Waals surface area contributed by atoms with Crippen LogP contribution in [0.5, 0.6) is 0 Å². The highest BCUT2D eigenvalue weighted by Crippen LogP contribution is 2.26. The van der Waals surface area contributed by atoms with E-state index in [-0.39, 0.29) is 6.61 Å². The Morgan fingerprint density at radius 3 is 2.83 bits per heavy atom. The van der Waals surface area contributed by atoms with Crippen LogP contribution in [0.3, 0.4) is 0 Å². The molecule has 1 aromatic carbocycles. The first-order chi connectivity index (χ1) is 8.88. The van der Waals surface area contributed by atoms with E-state index in [0.29, 0.717) is 0 Å². The van der Waals surface area contributed by atoms with Gasteiger partial charge in [0.25, 0.3) is 0 Å². The molecule has 1 aromatic heterocycles. The Balaban J connectivity index is 1.92. The molecule has 1 aliphatic heterocycles. The minimum atomic E-state index is 0.0430. The van der Waals surface area contributed by atoms with Crippen LogP contribution in [-0.2, 0) is 19.6 Å². The van der Waals surface area contributed by atoms with E-state index in [4.69, 9.17) is 0 Å². The quantitative estimate of drug-likeness (QED) is 0.873. The number of anilines is 1. The second-order valence-corrected chi connectivity index (χ2v) is 4.60. The van der Waals surface area contributed by atoms with Gasteiger partial charge in [-0.25, -0.2) is 0 Å². The Bertz CT molecular complexity index is 554. The van der Waals surface area contributed by atoms with Crippen LogP contribution in [0.4, 0.5) is 5.69 Å². The molecule has 0 fully saturated rings. The normalized spacial score (nSPS) is 14.4. The molecule has 3 nitrogen and oxygen atoms in total. The lowest BCUT2D eigenvalue weighted by molar-refractivity contribution is 0.281. The summed E-state index contributed by atoms with van der Waals surface area (Å²) < 4.78 is 0. The first-order valence-corrected chi connectivity index (χ1v) is 6.24. The standard InChI is InChI=1S/C15H16N2O/c18-11-14-9-16-7-5-15(14)17-8-6-12-3-1-2-4-13(12)10-17/h1-5,7,9,18H,6,8,10-11H2. The predicted molar refractivity (Wildman–Crippen MR) is 71.4 cm³/mol. The summed E-state index contributed by atoms with van der Waals surface area (Å²) in [6.45, 7) is 1.95. The van der Waals surface area contributed by atoms with Crippen LogP contribution in [0, 0.1) is 0 Å². The first-order valence-electron chi connectivity index (χ1n) is 6.24. The van der Waals surface area contributed by atoms with Gasteiger partial charge in [-0.2, -0.15) is 0 Å². The molecule has 0 unspecified atom stereocenters. The minimum absolute atomic E-state index is 0.0430. The molecule has 0 saturated carbocycles. The third-order valence-electron chi connectivity index (χ3n) is 3.52. The van der Waals surface area contributed by atoms with Crippen LogP contribution in [0.25, 0.3) is 0 Å². The molecule has 0 bridgehead atoms. The molecule has 3 heteroatoms. The molecule has 2 heterocycles. The van der Waals surface area contributed by atoms with Gasteiger partial charge in [0.2, 0.25) is 0 Å². The average Bonchev–Trinajstić information content (AvgIpc) is 2.46. The lowest BCUT2D eigenvalue weighted by Gasteiger charge is -2.31. The van der Waals surface area contributed by atoms with Crippen LogP contribution in [0.2, 0.25) is 0 Å². The van der Waals surface area contributed by atoms with Crippen molar-refractivity contribution in [2.24, 2.45) is 0 Å². The van der Waals surface area contributed by atoms with E-state index in [1.807, 2.05) is 6.07 Å². The smallest absolute Gasteiger partial charge is 0.0717 e. The number of fused-ring (bicyclic) bond motifs is 1. The van der Waals surface area contributed by atoms with Crippen molar-refractivity contribution >= 4 is 5.69 Å². The van der Waals surface area contributed by atoms with Crippen molar-refractivity contribution in [1.82, 2.24) is 4.98 Å². The number of benzene rings is 1. The fourth-order valence-corrected chi connectivity index (χ4v) is 2.55. The molecule has 1 N–H and O–H groups in total. The predicted octanol–water partition coefficient (Wildman–Crippen LogP) is 2.14. The van der Waals surface area contributed by atoms with E-state index in [0.717, 1.165) is 30.8 Å². The maximum atomic E-state index is 9.38. The van der Waals surface area contributed by atoms with Gasteiger partial charge in [0.1, 0.15) is 0 Å². The van der Waals surface area contributed by atoms with Gasteiger partial charge in [0.15, 0.2) is 0 Å². The number of pyridine rings is 1. The Labute approximate surface area is 107 Å². The molecule has 0 atom stereocenters. The summed E-state index contributed by atoms with van der Waals surface area (Å²) in [5.74, 6) is 0. The van der Waals surface area contributed by atoms with Crippen LogP contribution < -0.4 is 4.90 Å². The van der Waals surface area contributed by atoms with E-state index in [1.54, 1.807) is 12.4 Å². The Hall–Kier alpha value is -1.87. The molecule has 0 amide bonds. The van der Waals surface area contributed by atoms with Gasteiger partial charge < -0.3 is 10.0 Å². The molecular formula is C15H16N2O. The lowest BCUT2D eigenvalue weighted by atomic mass is 9.99. The van der Waals surface area contributed by atoms with Gasteiger partial charge in [-0.15, -0.1) is 0 Å². The number of hydrogen-bond donors (Lipinski definition) is 1. The van der Waals surface area contributed by atoms with Gasteiger partial charge in [-0.1, -0.05) is 24.3 Å². The maximum Gasteiger partial charge on any atom is 0.0717 e. The van der Waals surface area contributed by atoms with Crippen LogP contribution >= 0.6 is 0 Å². The van der Waals surface area contributed by atoms with Crippen molar-refractivity contribution in [2.75, 3.05) is 11.4 Å². The number of nitrogens with zero attached hydrogens (tertiary/aromatic N) is 2. The molecule has 0 saturated heterocycles. The fourth-order valence-electron chi connectivity index (χ4n) is 2.55. The topological polar surface area (TPSA) is 36.4 Å². The van der Waals surface area contributed by atoms with Gasteiger partial charge >= 0.3 is 0 Å². The van der Waals surface area contributed by atoms with Crippen molar-refractivity contribution in [3.05, 3.63) is 59.4 Å². The molecule has 1 aliphatic rings. The number of aromatic nitrogens is 1. The fraction of sp³-hybridized carbons (Fsp3) is 0.267. The average molecular weight is 240 g/mol. The zero-order chi connectivity index (χ0) is 12.4. The van der Waals surface area contributed by atoms with E-state index < -0.39 is 0 Å². The second kappa shape index (κ2) is 4.78. The Kier molecular flexibility index (Phi) is 2.99. The minimum Gasteiger partial charge on any atom is -0.392 e. The Morgan fingerprint density at radius 2 is 2.00 bits per heavy atom. The van der Waals surface area contributed by atoms with E-state index in [1.165, 1.54) is 11.1 Å². The lowest BCUT2D eigenvalue weighted by Crippen LogP contribution is -2.31. The number of aliphatic hydroxyl groups is 1. The summed E-state index contributed by atoms with van der Waals surface area (Å²) in [6.07, 6.45) is 4.59. The summed E-state index contributed by atoms with van der Waals surface area (Å²) in [4.78, 5) is 6.38. The molecule has 0 aliphatic carbocycles. The molecule has 18 heavy (non-hydrogen) atoms. The second-order valence-electron chi connectivity index (χ2n) is 4.60. The van der Waals surface area contributed by atoms with Crippen molar-refractivity contribution in [2.45, 2.75) is 19.6 Å². The summed E-state index contributed by atoms with van der Waals surface area (Å²) in [5, 5.41) is 9.38. The van der Waals surface area contributed by atoms with Gasteiger partial charge in [0.05, 0.1) is 6.61 Å². The number of hydrogen-bond acceptors (Lipinski definition) is 3. The largest absolute Gasteiger partial charge is 0.392 e. The van der Waals surface area contributed by atoms with Crippen molar-refractivity contribution < 1.29 is 5.11 Å². The summed E-state index contributed by atoms with van der Waals surface area (Å²) >= 11 is 0. The highest BCUT2D eigenvalue weighted by molar-refractivity contribution is 5.54. The highest BCUT2D eigenvalue weighted by Gasteiger charge is 2.17. The van der Waals surface area contributed by atoms with E-state index in [9.17, 15) is 5.11 Å². The molecule has 2 aromatic rings. The summed E-state index contributed by atoms with van der Waals surface area (Å²) in [5.41, 5.74) is 4.82. The maximum absolute atomic E-state index is 9.38. The van der Waals surface area contributed by atoms with E-state index in [2.05, 4.69) is 34.1 Å². The van der Waals surface area contributed by atoms with Crippen LogP contribution in [0.1, 0.15) is 16.7 Å². The molecule has 3 rings (SSSR count). The first kappa shape index (κ1) is 11.2. The van der Waals surface area contributed by atoms with Crippen molar-refractivity contribution in [1.29, 1.82) is 0 Å².